The van der Waals surface area contributed by atoms with Crippen molar-refractivity contribution in [3.8, 4) is 0 Å². The minimum absolute atomic E-state index is 0.528. The van der Waals surface area contributed by atoms with Gasteiger partial charge < -0.3 is 25.2 Å². The number of carbonyl (C=O) groups is 4. The van der Waals surface area contributed by atoms with Crippen molar-refractivity contribution in [2.45, 2.75) is 25.0 Å². The van der Waals surface area contributed by atoms with E-state index in [2.05, 4.69) is 4.74 Å². The van der Waals surface area contributed by atoms with E-state index in [1.165, 1.54) is 0 Å². The zero-order valence-electron chi connectivity index (χ0n) is 8.83. The van der Waals surface area contributed by atoms with Crippen molar-refractivity contribution in [1.29, 1.82) is 0 Å². The first-order valence-corrected chi connectivity index (χ1v) is 4.12. The first kappa shape index (κ1) is 15.0. The number of aliphatic hydroxyl groups is 2. The molecular formula is C8H10O9. The van der Waals surface area contributed by atoms with E-state index in [0.29, 0.717) is 13.8 Å². The second kappa shape index (κ2) is 4.47. The molecule has 0 aromatic heterocycles. The van der Waals surface area contributed by atoms with Gasteiger partial charge >= 0.3 is 23.9 Å². The van der Waals surface area contributed by atoms with Gasteiger partial charge in [0.05, 0.1) is 0 Å². The normalized spacial score (nSPS) is 17.4. The number of carboxylic acid groups (broad SMARTS) is 2. The molecule has 4 N–H and O–H groups in total. The van der Waals surface area contributed by atoms with Crippen molar-refractivity contribution in [2.24, 2.45) is 0 Å². The summed E-state index contributed by atoms with van der Waals surface area (Å²) in [6.45, 7) is 1.06. The number of aliphatic carboxylic acids is 2. The molecular weight excluding hydrogens is 240 g/mol. The molecule has 0 aliphatic carbocycles. The lowest BCUT2D eigenvalue weighted by Gasteiger charge is -2.19. The van der Waals surface area contributed by atoms with Crippen molar-refractivity contribution in [2.75, 3.05) is 0 Å². The third kappa shape index (κ3) is 2.98. The van der Waals surface area contributed by atoms with Gasteiger partial charge in [0, 0.05) is 0 Å². The Balaban J connectivity index is 4.90. The van der Waals surface area contributed by atoms with Crippen LogP contribution in [0.1, 0.15) is 13.8 Å². The third-order valence-electron chi connectivity index (χ3n) is 1.81. The molecule has 0 fully saturated rings. The van der Waals surface area contributed by atoms with Crippen molar-refractivity contribution in [1.82, 2.24) is 0 Å². The molecule has 0 bridgehead atoms. The summed E-state index contributed by atoms with van der Waals surface area (Å²) >= 11 is 0. The number of hydrogen-bond acceptors (Lipinski definition) is 7. The second-order valence-electron chi connectivity index (χ2n) is 3.43. The summed E-state index contributed by atoms with van der Waals surface area (Å²) in [5, 5.41) is 34.9. The smallest absolute Gasteiger partial charge is 0.357 e. The number of esters is 2. The topological polar surface area (TPSA) is 158 Å². The number of carboxylic acids is 2. The molecule has 0 spiro atoms. The van der Waals surface area contributed by atoms with Crippen molar-refractivity contribution >= 4 is 23.9 Å². The van der Waals surface area contributed by atoms with Crippen LogP contribution >= 0.6 is 0 Å². The van der Waals surface area contributed by atoms with E-state index in [4.69, 9.17) is 20.4 Å². The van der Waals surface area contributed by atoms with Crippen LogP contribution in [0.15, 0.2) is 0 Å². The average molecular weight is 250 g/mol. The van der Waals surface area contributed by atoms with Gasteiger partial charge in [0.15, 0.2) is 0 Å². The van der Waals surface area contributed by atoms with Gasteiger partial charge in [0.1, 0.15) is 0 Å². The number of ether oxygens (including phenoxy) is 1. The maximum atomic E-state index is 11.0. The highest BCUT2D eigenvalue weighted by molar-refractivity contribution is 6.10. The Kier molecular flexibility index (Phi) is 3.95. The highest BCUT2D eigenvalue weighted by atomic mass is 16.6. The highest BCUT2D eigenvalue weighted by Crippen LogP contribution is 2.11. The summed E-state index contributed by atoms with van der Waals surface area (Å²) in [5.41, 5.74) is -6.05. The van der Waals surface area contributed by atoms with Gasteiger partial charge in [0.2, 0.25) is 0 Å². The Hall–Kier alpha value is -2.00. The number of carbonyl (C=O) groups excluding carboxylic acids is 2. The summed E-state index contributed by atoms with van der Waals surface area (Å²) in [4.78, 5) is 42.8. The second-order valence-corrected chi connectivity index (χ2v) is 3.43. The van der Waals surface area contributed by atoms with E-state index in [9.17, 15) is 19.2 Å². The van der Waals surface area contributed by atoms with Crippen molar-refractivity contribution < 1.29 is 44.3 Å². The average Bonchev–Trinajstić information content (AvgIpc) is 2.16. The monoisotopic (exact) mass is 250 g/mol. The van der Waals surface area contributed by atoms with E-state index in [-0.39, 0.29) is 0 Å². The Morgan fingerprint density at radius 3 is 1.24 bits per heavy atom. The molecule has 0 aliphatic heterocycles. The van der Waals surface area contributed by atoms with Crippen molar-refractivity contribution in [3.63, 3.8) is 0 Å². The van der Waals surface area contributed by atoms with Gasteiger partial charge in [-0.2, -0.15) is 0 Å². The van der Waals surface area contributed by atoms with Gasteiger partial charge in [0.25, 0.3) is 11.2 Å². The van der Waals surface area contributed by atoms with Gasteiger partial charge in [-0.25, -0.2) is 19.2 Å². The van der Waals surface area contributed by atoms with Crippen LogP contribution in [0.5, 0.6) is 0 Å². The van der Waals surface area contributed by atoms with Gasteiger partial charge in [-0.05, 0) is 13.8 Å². The summed E-state index contributed by atoms with van der Waals surface area (Å²) < 4.78 is 3.76. The quantitative estimate of drug-likeness (QED) is 0.318. The lowest BCUT2D eigenvalue weighted by molar-refractivity contribution is -0.191. The summed E-state index contributed by atoms with van der Waals surface area (Å²) in [6.07, 6.45) is 0. The molecule has 9 nitrogen and oxygen atoms in total. The molecule has 0 unspecified atom stereocenters. The van der Waals surface area contributed by atoms with Crippen LogP contribution in [-0.2, 0) is 23.9 Å². The van der Waals surface area contributed by atoms with Crippen LogP contribution in [0.25, 0.3) is 0 Å². The van der Waals surface area contributed by atoms with E-state index in [0.717, 1.165) is 0 Å². The predicted octanol–water partition coefficient (Wildman–Crippen LogP) is -2.27. The summed E-state index contributed by atoms with van der Waals surface area (Å²) in [7, 11) is 0. The maximum absolute atomic E-state index is 11.0. The third-order valence-corrected chi connectivity index (χ3v) is 1.81. The van der Waals surface area contributed by atoms with Crippen LogP contribution in [0.3, 0.4) is 0 Å². The van der Waals surface area contributed by atoms with Gasteiger partial charge in [-0.3, -0.25) is 0 Å². The summed E-state index contributed by atoms with van der Waals surface area (Å²) in [5.74, 6) is -7.80. The molecule has 0 aromatic rings. The molecule has 0 amide bonds. The first-order chi connectivity index (χ1) is 7.44. The van der Waals surface area contributed by atoms with Crippen LogP contribution in [-0.4, -0.2) is 55.5 Å². The minimum Gasteiger partial charge on any atom is -0.479 e. The summed E-state index contributed by atoms with van der Waals surface area (Å²) in [6, 6.07) is 0. The van der Waals surface area contributed by atoms with E-state index in [1.54, 1.807) is 0 Å². The molecule has 9 heteroatoms. The van der Waals surface area contributed by atoms with Gasteiger partial charge in [-0.15, -0.1) is 0 Å². The molecule has 2 atom stereocenters. The van der Waals surface area contributed by atoms with Gasteiger partial charge in [-0.1, -0.05) is 0 Å². The Bertz CT molecular complexity index is 342. The first-order valence-electron chi connectivity index (χ1n) is 4.12. The minimum atomic E-state index is -3.02. The van der Waals surface area contributed by atoms with E-state index < -0.39 is 35.1 Å². The number of hydrogen-bond donors (Lipinski definition) is 4. The Morgan fingerprint density at radius 2 is 1.06 bits per heavy atom. The molecule has 96 valence electrons. The van der Waals surface area contributed by atoms with Crippen LogP contribution in [0, 0.1) is 0 Å². The Labute approximate surface area is 94.2 Å². The lowest BCUT2D eigenvalue weighted by Crippen LogP contribution is -2.51. The fourth-order valence-electron chi connectivity index (χ4n) is 0.458. The van der Waals surface area contributed by atoms with Crippen LogP contribution in [0.2, 0.25) is 0 Å². The standard InChI is InChI=1S/C8H10O9/c1-7(15,3(9)10)5(13)17-6(14)8(2,16)4(11)12/h15-16H,1-2H3,(H,9,10)(H,11,12)/t7-,8-/m1/s1. The van der Waals surface area contributed by atoms with E-state index >= 15 is 0 Å². The van der Waals surface area contributed by atoms with Crippen LogP contribution in [0.4, 0.5) is 0 Å². The molecule has 17 heavy (non-hydrogen) atoms. The molecule has 0 saturated carbocycles. The molecule has 0 aromatic carbocycles. The number of rotatable bonds is 4. The molecule has 0 radical (unpaired) electrons. The Morgan fingerprint density at radius 1 is 0.824 bits per heavy atom. The predicted molar refractivity (Wildman–Crippen MR) is 47.6 cm³/mol. The fourth-order valence-corrected chi connectivity index (χ4v) is 0.458. The molecule has 0 heterocycles. The fraction of sp³-hybridized carbons (Fsp3) is 0.500. The molecule has 0 aliphatic rings. The van der Waals surface area contributed by atoms with E-state index in [1.807, 2.05) is 0 Å². The molecule has 0 rings (SSSR count). The largest absolute Gasteiger partial charge is 0.479 e. The molecule has 0 saturated heterocycles. The zero-order valence-corrected chi connectivity index (χ0v) is 8.83. The van der Waals surface area contributed by atoms with Crippen LogP contribution < -0.4 is 0 Å². The maximum Gasteiger partial charge on any atom is 0.357 e. The zero-order chi connectivity index (χ0) is 14.0. The highest BCUT2D eigenvalue weighted by Gasteiger charge is 2.47. The van der Waals surface area contributed by atoms with Crippen molar-refractivity contribution in [3.05, 3.63) is 0 Å². The SMILES string of the molecule is C[C@@](O)(C(=O)O)C(=O)OC(=O)[C@](C)(O)C(=O)O. The lowest BCUT2D eigenvalue weighted by atomic mass is 10.1.